The number of carbonyl (C=O) groups excluding carboxylic acids is 1. The molecule has 118 valence electrons. The van der Waals surface area contributed by atoms with E-state index in [-0.39, 0.29) is 5.91 Å². The predicted octanol–water partition coefficient (Wildman–Crippen LogP) is 3.74. The van der Waals surface area contributed by atoms with E-state index in [9.17, 15) is 4.79 Å². The van der Waals surface area contributed by atoms with Crippen molar-refractivity contribution >= 4 is 23.7 Å². The molecule has 2 heterocycles. The van der Waals surface area contributed by atoms with E-state index in [1.54, 1.807) is 18.5 Å². The second-order valence-corrected chi connectivity index (χ2v) is 6.78. The Bertz CT molecular complexity index is 658. The number of hydrogen-bond donors (Lipinski definition) is 0. The predicted molar refractivity (Wildman–Crippen MR) is 95.1 cm³/mol. The molecule has 1 amide bonds. The van der Waals surface area contributed by atoms with Crippen molar-refractivity contribution in [3.05, 3.63) is 66.5 Å². The van der Waals surface area contributed by atoms with E-state index in [1.165, 1.54) is 4.90 Å². The minimum Gasteiger partial charge on any atom is -0.339 e. The highest BCUT2D eigenvalue weighted by molar-refractivity contribution is 7.99. The number of nitrogens with zero attached hydrogens (tertiary/aromatic N) is 2. The Morgan fingerprint density at radius 3 is 2.91 bits per heavy atom. The fourth-order valence-electron chi connectivity index (χ4n) is 2.65. The summed E-state index contributed by atoms with van der Waals surface area (Å²) in [5.74, 6) is 1.75. The van der Waals surface area contributed by atoms with Gasteiger partial charge in [0.25, 0.3) is 0 Å². The zero-order valence-corrected chi connectivity index (χ0v) is 13.8. The number of carbonyl (C=O) groups is 1. The molecule has 0 bridgehead atoms. The molecule has 1 atom stereocenters. The molecule has 0 radical (unpaired) electrons. The molecular formula is C19H20N2OS. The molecule has 4 heteroatoms. The van der Waals surface area contributed by atoms with Gasteiger partial charge in [0.15, 0.2) is 0 Å². The van der Waals surface area contributed by atoms with Gasteiger partial charge in [0, 0.05) is 42.2 Å². The van der Waals surface area contributed by atoms with Crippen molar-refractivity contribution < 1.29 is 4.79 Å². The number of pyridine rings is 1. The van der Waals surface area contributed by atoms with Crippen LogP contribution in [0, 0.1) is 5.92 Å². The lowest BCUT2D eigenvalue weighted by Gasteiger charge is -2.14. The summed E-state index contributed by atoms with van der Waals surface area (Å²) in [5.41, 5.74) is 0.955. The summed E-state index contributed by atoms with van der Waals surface area (Å²) in [7, 11) is 0. The Kier molecular flexibility index (Phi) is 5.48. The van der Waals surface area contributed by atoms with Crippen molar-refractivity contribution in [3.8, 4) is 0 Å². The molecular weight excluding hydrogens is 304 g/mol. The summed E-state index contributed by atoms with van der Waals surface area (Å²) in [5, 5.41) is 0. The van der Waals surface area contributed by atoms with E-state index in [4.69, 9.17) is 0 Å². The van der Waals surface area contributed by atoms with Gasteiger partial charge in [0.05, 0.1) is 0 Å². The van der Waals surface area contributed by atoms with Crippen LogP contribution < -0.4 is 0 Å². The van der Waals surface area contributed by atoms with Crippen LogP contribution in [0.25, 0.3) is 6.08 Å². The van der Waals surface area contributed by atoms with E-state index < -0.39 is 0 Å². The molecule has 1 aliphatic rings. The largest absolute Gasteiger partial charge is 0.339 e. The van der Waals surface area contributed by atoms with Gasteiger partial charge in [-0.05, 0) is 42.2 Å². The summed E-state index contributed by atoms with van der Waals surface area (Å²) in [6.07, 6.45) is 8.07. The lowest BCUT2D eigenvalue weighted by Crippen LogP contribution is -2.27. The van der Waals surface area contributed by atoms with Crippen LogP contribution in [0.4, 0.5) is 0 Å². The number of likely N-dealkylation sites (tertiary alicyclic amines) is 1. The molecule has 1 aromatic carbocycles. The van der Waals surface area contributed by atoms with Crippen molar-refractivity contribution in [2.45, 2.75) is 11.3 Å². The normalized spacial score (nSPS) is 17.7. The molecule has 0 spiro atoms. The van der Waals surface area contributed by atoms with Gasteiger partial charge in [-0.25, -0.2) is 0 Å². The second-order valence-electron chi connectivity index (χ2n) is 5.68. The average Bonchev–Trinajstić information content (AvgIpc) is 3.09. The third-order valence-electron chi connectivity index (χ3n) is 3.93. The lowest BCUT2D eigenvalue weighted by atomic mass is 10.2. The van der Waals surface area contributed by atoms with Crippen LogP contribution in [0.1, 0.15) is 12.0 Å². The van der Waals surface area contributed by atoms with Crippen LogP contribution in [0.2, 0.25) is 0 Å². The van der Waals surface area contributed by atoms with Crippen molar-refractivity contribution in [1.29, 1.82) is 0 Å². The van der Waals surface area contributed by atoms with Gasteiger partial charge >= 0.3 is 0 Å². The van der Waals surface area contributed by atoms with E-state index in [1.807, 2.05) is 40.9 Å². The standard InChI is InChI=1S/C19H20N2OS/c22-19(9-8-16-5-4-11-20-13-16)21-12-10-17(14-21)15-23-18-6-2-1-3-7-18/h1-9,11,13,17H,10,12,14-15H2/b9-8-/t17-/m0/s1. The van der Waals surface area contributed by atoms with Gasteiger partial charge in [0.2, 0.25) is 5.91 Å². The quantitative estimate of drug-likeness (QED) is 0.620. The van der Waals surface area contributed by atoms with Gasteiger partial charge in [0.1, 0.15) is 0 Å². The molecule has 0 N–H and O–H groups in total. The molecule has 0 saturated carbocycles. The maximum absolute atomic E-state index is 12.3. The monoisotopic (exact) mass is 324 g/mol. The Hall–Kier alpha value is -2.07. The van der Waals surface area contributed by atoms with Gasteiger partial charge < -0.3 is 4.90 Å². The number of benzene rings is 1. The highest BCUT2D eigenvalue weighted by Gasteiger charge is 2.24. The maximum Gasteiger partial charge on any atom is 0.246 e. The zero-order valence-electron chi connectivity index (χ0n) is 13.0. The van der Waals surface area contributed by atoms with Crippen LogP contribution in [-0.4, -0.2) is 34.6 Å². The smallest absolute Gasteiger partial charge is 0.246 e. The summed E-state index contributed by atoms with van der Waals surface area (Å²) in [4.78, 5) is 19.5. The van der Waals surface area contributed by atoms with Crippen LogP contribution >= 0.6 is 11.8 Å². The SMILES string of the molecule is O=C(/C=C\c1cccnc1)N1CC[C@H](CSc2ccccc2)C1. The van der Waals surface area contributed by atoms with Crippen LogP contribution in [0.5, 0.6) is 0 Å². The molecule has 3 rings (SSSR count). The molecule has 3 nitrogen and oxygen atoms in total. The van der Waals surface area contributed by atoms with Gasteiger partial charge in [-0.15, -0.1) is 11.8 Å². The zero-order chi connectivity index (χ0) is 15.9. The minimum atomic E-state index is 0.0982. The van der Waals surface area contributed by atoms with Gasteiger partial charge in [-0.1, -0.05) is 24.3 Å². The minimum absolute atomic E-state index is 0.0982. The average molecular weight is 324 g/mol. The number of hydrogen-bond acceptors (Lipinski definition) is 3. The molecule has 0 aliphatic carbocycles. The Morgan fingerprint density at radius 1 is 1.26 bits per heavy atom. The Morgan fingerprint density at radius 2 is 2.13 bits per heavy atom. The maximum atomic E-state index is 12.3. The van der Waals surface area contributed by atoms with E-state index >= 15 is 0 Å². The van der Waals surface area contributed by atoms with Crippen LogP contribution in [0.3, 0.4) is 0 Å². The summed E-state index contributed by atoms with van der Waals surface area (Å²) < 4.78 is 0. The summed E-state index contributed by atoms with van der Waals surface area (Å²) >= 11 is 1.88. The third-order valence-corrected chi connectivity index (χ3v) is 5.17. The molecule has 1 aromatic heterocycles. The molecule has 23 heavy (non-hydrogen) atoms. The topological polar surface area (TPSA) is 33.2 Å². The van der Waals surface area contributed by atoms with Crippen molar-refractivity contribution in [2.24, 2.45) is 5.92 Å². The first kappa shape index (κ1) is 15.8. The molecule has 0 unspecified atom stereocenters. The first-order valence-electron chi connectivity index (χ1n) is 7.86. The number of rotatable bonds is 5. The number of amides is 1. The van der Waals surface area contributed by atoms with E-state index in [2.05, 4.69) is 29.2 Å². The van der Waals surface area contributed by atoms with Gasteiger partial charge in [-0.3, -0.25) is 9.78 Å². The highest BCUT2D eigenvalue weighted by Crippen LogP contribution is 2.26. The second kappa shape index (κ2) is 7.97. The Balaban J connectivity index is 1.47. The van der Waals surface area contributed by atoms with Gasteiger partial charge in [-0.2, -0.15) is 0 Å². The number of thioether (sulfide) groups is 1. The fourth-order valence-corrected chi connectivity index (χ4v) is 3.70. The molecule has 1 aliphatic heterocycles. The molecule has 1 saturated heterocycles. The van der Waals surface area contributed by atoms with Crippen LogP contribution in [-0.2, 0) is 4.79 Å². The van der Waals surface area contributed by atoms with Crippen LogP contribution in [0.15, 0.2) is 65.8 Å². The first-order chi connectivity index (χ1) is 11.3. The number of aromatic nitrogens is 1. The Labute approximate surface area is 141 Å². The summed E-state index contributed by atoms with van der Waals surface area (Å²) in [6.45, 7) is 1.71. The van der Waals surface area contributed by atoms with E-state index in [0.717, 1.165) is 30.8 Å². The summed E-state index contributed by atoms with van der Waals surface area (Å²) in [6, 6.07) is 14.3. The van der Waals surface area contributed by atoms with Crippen molar-refractivity contribution in [1.82, 2.24) is 9.88 Å². The third kappa shape index (κ3) is 4.70. The lowest BCUT2D eigenvalue weighted by molar-refractivity contribution is -0.125. The fraction of sp³-hybridized carbons (Fsp3) is 0.263. The van der Waals surface area contributed by atoms with E-state index in [0.29, 0.717) is 5.92 Å². The molecule has 2 aromatic rings. The highest BCUT2D eigenvalue weighted by atomic mass is 32.2. The van der Waals surface area contributed by atoms with Crippen molar-refractivity contribution in [2.75, 3.05) is 18.8 Å². The molecule has 1 fully saturated rings. The first-order valence-corrected chi connectivity index (χ1v) is 8.85. The van der Waals surface area contributed by atoms with Crippen molar-refractivity contribution in [3.63, 3.8) is 0 Å².